The van der Waals surface area contributed by atoms with Gasteiger partial charge >= 0.3 is 6.18 Å². The number of nitrogens with one attached hydrogen (secondary N) is 3. The van der Waals surface area contributed by atoms with E-state index in [1.807, 2.05) is 14.0 Å². The number of hydrogen-bond donors (Lipinski definition) is 4. The highest BCUT2D eigenvalue weighted by Gasteiger charge is 2.60. The molecule has 0 saturated carbocycles. The average Bonchev–Trinajstić information content (AvgIpc) is 2.89. The van der Waals surface area contributed by atoms with Crippen LogP contribution in [0.25, 0.3) is 0 Å². The van der Waals surface area contributed by atoms with Gasteiger partial charge in [-0.2, -0.15) is 18.3 Å². The van der Waals surface area contributed by atoms with Crippen molar-refractivity contribution in [3.63, 3.8) is 0 Å². The normalized spacial score (nSPS) is 22.2. The van der Waals surface area contributed by atoms with Crippen LogP contribution in [-0.2, 0) is 10.4 Å². The van der Waals surface area contributed by atoms with E-state index in [4.69, 9.17) is 0 Å². The summed E-state index contributed by atoms with van der Waals surface area (Å²) in [6, 6.07) is 0. The van der Waals surface area contributed by atoms with Crippen molar-refractivity contribution in [3.05, 3.63) is 11.3 Å². The summed E-state index contributed by atoms with van der Waals surface area (Å²) >= 11 is 0. The zero-order valence-corrected chi connectivity index (χ0v) is 13.8. The number of nitrogens with zero attached hydrogens (tertiary/aromatic N) is 1. The Hall–Kier alpha value is -1.61. The predicted octanol–water partition coefficient (Wildman–Crippen LogP) is 2.39. The average molecular weight is 348 g/mol. The minimum absolute atomic E-state index is 0.191. The molecule has 2 rings (SSSR count). The molecule has 0 saturated heterocycles. The summed E-state index contributed by atoms with van der Waals surface area (Å²) in [5.74, 6) is -1.32. The van der Waals surface area contributed by atoms with Gasteiger partial charge < -0.3 is 15.7 Å². The highest BCUT2D eigenvalue weighted by molar-refractivity contribution is 5.94. The maximum absolute atomic E-state index is 13.5. The fourth-order valence-electron chi connectivity index (χ4n) is 3.21. The van der Waals surface area contributed by atoms with E-state index in [9.17, 15) is 23.1 Å². The molecule has 1 amide bonds. The minimum Gasteiger partial charge on any atom is -0.376 e. The van der Waals surface area contributed by atoms with Gasteiger partial charge in [0.05, 0.1) is 12.0 Å². The van der Waals surface area contributed by atoms with E-state index in [2.05, 4.69) is 20.8 Å². The van der Waals surface area contributed by atoms with E-state index in [0.29, 0.717) is 12.8 Å². The van der Waals surface area contributed by atoms with Gasteiger partial charge in [-0.3, -0.25) is 9.89 Å². The van der Waals surface area contributed by atoms with Gasteiger partial charge in [-0.1, -0.05) is 13.3 Å². The third kappa shape index (κ3) is 3.41. The van der Waals surface area contributed by atoms with Gasteiger partial charge in [0.1, 0.15) is 0 Å². The van der Waals surface area contributed by atoms with Crippen molar-refractivity contribution in [2.75, 3.05) is 18.9 Å². The lowest BCUT2D eigenvalue weighted by molar-refractivity contribution is -0.267. The maximum Gasteiger partial charge on any atom is 0.422 e. The van der Waals surface area contributed by atoms with Crippen LogP contribution in [0.1, 0.15) is 56.2 Å². The summed E-state index contributed by atoms with van der Waals surface area (Å²) in [4.78, 5) is 11.6. The fourth-order valence-corrected chi connectivity index (χ4v) is 3.21. The van der Waals surface area contributed by atoms with Crippen LogP contribution < -0.4 is 10.6 Å². The molecule has 0 bridgehead atoms. The number of anilines is 1. The van der Waals surface area contributed by atoms with E-state index in [-0.39, 0.29) is 23.0 Å². The van der Waals surface area contributed by atoms with Crippen LogP contribution in [0, 0.1) is 0 Å². The summed E-state index contributed by atoms with van der Waals surface area (Å²) in [7, 11) is 1.81. The second-order valence-electron chi connectivity index (χ2n) is 6.18. The Labute approximate surface area is 138 Å². The molecule has 1 aromatic heterocycles. The lowest BCUT2D eigenvalue weighted by Gasteiger charge is -2.34. The van der Waals surface area contributed by atoms with Crippen LogP contribution in [0.5, 0.6) is 0 Å². The van der Waals surface area contributed by atoms with Crippen LogP contribution in [0.3, 0.4) is 0 Å². The molecule has 1 aliphatic rings. The van der Waals surface area contributed by atoms with E-state index in [0.717, 1.165) is 19.4 Å². The van der Waals surface area contributed by atoms with Gasteiger partial charge in [0.2, 0.25) is 5.91 Å². The molecule has 1 aliphatic heterocycles. The quantitative estimate of drug-likeness (QED) is 0.570. The van der Waals surface area contributed by atoms with E-state index < -0.39 is 24.1 Å². The second kappa shape index (κ2) is 7.10. The van der Waals surface area contributed by atoms with Crippen LogP contribution in [0.4, 0.5) is 19.0 Å². The van der Waals surface area contributed by atoms with Crippen molar-refractivity contribution in [1.82, 2.24) is 15.5 Å². The Morgan fingerprint density at radius 3 is 2.71 bits per heavy atom. The Balaban J connectivity index is 2.44. The number of amides is 1. The van der Waals surface area contributed by atoms with E-state index in [1.165, 1.54) is 0 Å². The number of aliphatic hydroxyl groups is 1. The first-order chi connectivity index (χ1) is 11.2. The lowest BCUT2D eigenvalue weighted by atomic mass is 9.81. The van der Waals surface area contributed by atoms with Crippen molar-refractivity contribution in [1.29, 1.82) is 0 Å². The number of aromatic amines is 1. The van der Waals surface area contributed by atoms with E-state index >= 15 is 0 Å². The predicted molar refractivity (Wildman–Crippen MR) is 82.6 cm³/mol. The molecule has 24 heavy (non-hydrogen) atoms. The van der Waals surface area contributed by atoms with Gasteiger partial charge in [0.25, 0.3) is 0 Å². The Morgan fingerprint density at radius 1 is 1.42 bits per heavy atom. The van der Waals surface area contributed by atoms with E-state index in [1.54, 1.807) is 0 Å². The SMILES string of the molecule is CCCC(CCCNC)c1[nH]nc2c1C(O)(C(F)(F)F)CC(=O)N2. The van der Waals surface area contributed by atoms with Crippen LogP contribution in [-0.4, -0.2) is 41.0 Å². The van der Waals surface area contributed by atoms with Crippen LogP contribution in [0.2, 0.25) is 0 Å². The molecule has 0 aliphatic carbocycles. The number of halogens is 3. The lowest BCUT2D eigenvalue weighted by Crippen LogP contribution is -2.48. The first kappa shape index (κ1) is 18.7. The maximum atomic E-state index is 13.5. The molecule has 0 spiro atoms. The molecule has 2 atom stereocenters. The molecular weight excluding hydrogens is 325 g/mol. The highest BCUT2D eigenvalue weighted by Crippen LogP contribution is 2.49. The summed E-state index contributed by atoms with van der Waals surface area (Å²) < 4.78 is 40.5. The number of carbonyl (C=O) groups excluding carboxylic acids is 1. The fraction of sp³-hybridized carbons (Fsp3) is 0.733. The number of H-pyrrole nitrogens is 1. The van der Waals surface area contributed by atoms with Gasteiger partial charge in [0, 0.05) is 11.6 Å². The Bertz CT molecular complexity index is 588. The molecule has 0 aromatic carbocycles. The summed E-state index contributed by atoms with van der Waals surface area (Å²) in [6.07, 6.45) is -3.11. The van der Waals surface area contributed by atoms with Crippen LogP contribution >= 0.6 is 0 Å². The third-order valence-electron chi connectivity index (χ3n) is 4.38. The number of hydrogen-bond acceptors (Lipinski definition) is 4. The number of fused-ring (bicyclic) bond motifs is 1. The number of alkyl halides is 3. The molecule has 1 aromatic rings. The molecule has 6 nitrogen and oxygen atoms in total. The third-order valence-corrected chi connectivity index (χ3v) is 4.38. The summed E-state index contributed by atoms with van der Waals surface area (Å²) in [5, 5.41) is 22.1. The van der Waals surface area contributed by atoms with Crippen molar-refractivity contribution < 1.29 is 23.1 Å². The monoisotopic (exact) mass is 348 g/mol. The first-order valence-corrected chi connectivity index (χ1v) is 8.06. The molecule has 9 heteroatoms. The minimum atomic E-state index is -4.96. The van der Waals surface area contributed by atoms with Crippen molar-refractivity contribution >= 4 is 11.7 Å². The first-order valence-electron chi connectivity index (χ1n) is 8.06. The van der Waals surface area contributed by atoms with Gasteiger partial charge in [0.15, 0.2) is 11.4 Å². The van der Waals surface area contributed by atoms with Crippen molar-refractivity contribution in [3.8, 4) is 0 Å². The van der Waals surface area contributed by atoms with Gasteiger partial charge in [-0.15, -0.1) is 0 Å². The zero-order valence-electron chi connectivity index (χ0n) is 13.8. The topological polar surface area (TPSA) is 90.0 Å². The van der Waals surface area contributed by atoms with Crippen molar-refractivity contribution in [2.24, 2.45) is 0 Å². The van der Waals surface area contributed by atoms with Crippen molar-refractivity contribution in [2.45, 2.75) is 56.7 Å². The molecule has 136 valence electrons. The molecular formula is C15H23F3N4O2. The molecule has 4 N–H and O–H groups in total. The second-order valence-corrected chi connectivity index (χ2v) is 6.18. The summed E-state index contributed by atoms with van der Waals surface area (Å²) in [5.41, 5.74) is -3.28. The molecule has 0 radical (unpaired) electrons. The van der Waals surface area contributed by atoms with Gasteiger partial charge in [-0.25, -0.2) is 0 Å². The number of aromatic nitrogens is 2. The standard InChI is InChI=1S/C15H23F3N4O2/c1-3-5-9(6-4-7-19-2)12-11-13(22-21-12)20-10(23)8-14(11,24)15(16,17)18/h9,19,24H,3-8H2,1-2H3,(H2,20,21,22,23). The smallest absolute Gasteiger partial charge is 0.376 e. The largest absolute Gasteiger partial charge is 0.422 e. The Kier molecular flexibility index (Phi) is 5.54. The molecule has 0 fully saturated rings. The number of carbonyl (C=O) groups is 1. The highest BCUT2D eigenvalue weighted by atomic mass is 19.4. The molecule has 2 unspecified atom stereocenters. The zero-order chi connectivity index (χ0) is 18.0. The summed E-state index contributed by atoms with van der Waals surface area (Å²) in [6.45, 7) is 2.70. The van der Waals surface area contributed by atoms with Crippen LogP contribution in [0.15, 0.2) is 0 Å². The number of rotatable bonds is 7. The Morgan fingerprint density at radius 2 is 2.12 bits per heavy atom. The van der Waals surface area contributed by atoms with Gasteiger partial charge in [-0.05, 0) is 32.9 Å². The molecule has 2 heterocycles.